The third kappa shape index (κ3) is 5.72. The molecule has 3 heteroatoms. The average Bonchev–Trinajstić information content (AvgIpc) is 2.53. The summed E-state index contributed by atoms with van der Waals surface area (Å²) in [6.07, 6.45) is 9.10. The summed E-state index contributed by atoms with van der Waals surface area (Å²) < 4.78 is 5.38. The predicted octanol–water partition coefficient (Wildman–Crippen LogP) is 5.59. The van der Waals surface area contributed by atoms with E-state index in [1.165, 1.54) is 17.7 Å². The van der Waals surface area contributed by atoms with Crippen molar-refractivity contribution in [2.45, 2.75) is 37.9 Å². The molecule has 2 nitrogen and oxygen atoms in total. The fraction of sp³-hybridized carbons (Fsp3) is 0.500. The van der Waals surface area contributed by atoms with E-state index in [-0.39, 0.29) is 4.32 Å². The van der Waals surface area contributed by atoms with E-state index < -0.39 is 0 Å². The second-order valence-electron chi connectivity index (χ2n) is 6.90. The lowest BCUT2D eigenvalue weighted by atomic mass is 9.97. The van der Waals surface area contributed by atoms with Gasteiger partial charge in [0.2, 0.25) is 0 Å². The Morgan fingerprint density at radius 2 is 1.96 bits per heavy atom. The van der Waals surface area contributed by atoms with Crippen LogP contribution in [0.25, 0.3) is 0 Å². The molecule has 0 bridgehead atoms. The van der Waals surface area contributed by atoms with Crippen molar-refractivity contribution in [1.82, 2.24) is 0 Å². The van der Waals surface area contributed by atoms with Gasteiger partial charge in [-0.15, -0.1) is 0 Å². The number of benzene rings is 1. The Bertz CT molecular complexity index is 558. The molecule has 0 aliphatic heterocycles. The highest BCUT2D eigenvalue weighted by atomic mass is 79.9. The summed E-state index contributed by atoms with van der Waals surface area (Å²) >= 11 is 3.74. The molecule has 1 aliphatic carbocycles. The van der Waals surface area contributed by atoms with E-state index >= 15 is 0 Å². The minimum Gasteiger partial charge on any atom is -0.497 e. The van der Waals surface area contributed by atoms with Crippen LogP contribution in [0.1, 0.15) is 33.6 Å². The van der Waals surface area contributed by atoms with Crippen LogP contribution >= 0.6 is 15.9 Å². The first-order chi connectivity index (χ1) is 10.9. The van der Waals surface area contributed by atoms with Gasteiger partial charge in [0.25, 0.3) is 0 Å². The van der Waals surface area contributed by atoms with Crippen molar-refractivity contribution in [1.29, 1.82) is 0 Å². The first-order valence-electron chi connectivity index (χ1n) is 8.36. The minimum atomic E-state index is 0.110. The highest BCUT2D eigenvalue weighted by Crippen LogP contribution is 2.30. The first-order valence-corrected chi connectivity index (χ1v) is 9.15. The van der Waals surface area contributed by atoms with Crippen molar-refractivity contribution in [3.63, 3.8) is 0 Å². The highest BCUT2D eigenvalue weighted by Gasteiger charge is 2.19. The Labute approximate surface area is 149 Å². The fourth-order valence-corrected chi connectivity index (χ4v) is 2.89. The van der Waals surface area contributed by atoms with Gasteiger partial charge < -0.3 is 9.64 Å². The molecule has 0 spiro atoms. The van der Waals surface area contributed by atoms with Crippen molar-refractivity contribution in [2.75, 3.05) is 25.1 Å². The molecule has 1 aromatic rings. The summed E-state index contributed by atoms with van der Waals surface area (Å²) in [7, 11) is 1.71. The molecule has 1 unspecified atom stereocenters. The van der Waals surface area contributed by atoms with Gasteiger partial charge in [-0.05, 0) is 55.5 Å². The van der Waals surface area contributed by atoms with Crippen molar-refractivity contribution in [3.8, 4) is 5.75 Å². The zero-order chi connectivity index (χ0) is 16.9. The first kappa shape index (κ1) is 18.1. The molecule has 1 atom stereocenters. The number of hydrogen-bond acceptors (Lipinski definition) is 2. The molecule has 0 saturated heterocycles. The number of halogens is 1. The van der Waals surface area contributed by atoms with E-state index in [1.807, 2.05) is 12.1 Å². The largest absolute Gasteiger partial charge is 0.497 e. The summed E-state index contributed by atoms with van der Waals surface area (Å²) in [5.74, 6) is 1.61. The standard InChI is InChI=1S/C20H28BrNO/c1-16(2)11-14-22(18-5-7-19(23-4)8-6-18)15-17-9-12-20(3,21)13-10-17/h5-10,12,16H,11,13-15H2,1-4H3. The number of methoxy groups -OCH3 is 1. The number of allylic oxidation sites excluding steroid dienone is 2. The maximum Gasteiger partial charge on any atom is 0.119 e. The van der Waals surface area contributed by atoms with Crippen LogP contribution in [0.5, 0.6) is 5.75 Å². The summed E-state index contributed by atoms with van der Waals surface area (Å²) in [6.45, 7) is 8.79. The molecule has 0 fully saturated rings. The average molecular weight is 378 g/mol. The lowest BCUT2D eigenvalue weighted by Gasteiger charge is -2.28. The van der Waals surface area contributed by atoms with Crippen molar-refractivity contribution >= 4 is 21.6 Å². The highest BCUT2D eigenvalue weighted by molar-refractivity contribution is 9.10. The maximum absolute atomic E-state index is 5.27. The third-order valence-electron chi connectivity index (χ3n) is 4.20. The number of ether oxygens (including phenoxy) is 1. The molecule has 1 aromatic carbocycles. The summed E-state index contributed by atoms with van der Waals surface area (Å²) in [5.41, 5.74) is 2.65. The van der Waals surface area contributed by atoms with Crippen LogP contribution in [0.3, 0.4) is 0 Å². The van der Waals surface area contributed by atoms with Crippen LogP contribution in [0.2, 0.25) is 0 Å². The molecule has 1 aliphatic rings. The van der Waals surface area contributed by atoms with Gasteiger partial charge in [-0.2, -0.15) is 0 Å². The molecule has 0 aromatic heterocycles. The number of nitrogens with zero attached hydrogens (tertiary/aromatic N) is 1. The molecule has 0 radical (unpaired) electrons. The van der Waals surface area contributed by atoms with E-state index in [1.54, 1.807) is 7.11 Å². The molecule has 0 heterocycles. The van der Waals surface area contributed by atoms with Gasteiger partial charge in [-0.25, -0.2) is 0 Å². The fourth-order valence-electron chi connectivity index (χ4n) is 2.59. The molecular formula is C20H28BrNO. The Hall–Kier alpha value is -1.22. The number of hydrogen-bond donors (Lipinski definition) is 0. The molecular weight excluding hydrogens is 350 g/mol. The Morgan fingerprint density at radius 1 is 1.26 bits per heavy atom. The third-order valence-corrected chi connectivity index (χ3v) is 4.78. The van der Waals surface area contributed by atoms with Crippen LogP contribution in [0, 0.1) is 5.92 Å². The van der Waals surface area contributed by atoms with Gasteiger partial charge >= 0.3 is 0 Å². The van der Waals surface area contributed by atoms with E-state index in [0.717, 1.165) is 25.3 Å². The SMILES string of the molecule is COc1ccc(N(CCC(C)C)CC2=CCC(C)(Br)C=C2)cc1. The van der Waals surface area contributed by atoms with Crippen LogP contribution in [-0.4, -0.2) is 24.5 Å². The molecule has 126 valence electrons. The summed E-state index contributed by atoms with van der Waals surface area (Å²) in [6, 6.07) is 8.39. The predicted molar refractivity (Wildman–Crippen MR) is 104 cm³/mol. The topological polar surface area (TPSA) is 12.5 Å². The van der Waals surface area contributed by atoms with E-state index in [9.17, 15) is 0 Å². The molecule has 0 N–H and O–H groups in total. The van der Waals surface area contributed by atoms with Crippen LogP contribution < -0.4 is 9.64 Å². The smallest absolute Gasteiger partial charge is 0.119 e. The van der Waals surface area contributed by atoms with Crippen LogP contribution in [-0.2, 0) is 0 Å². The summed E-state index contributed by atoms with van der Waals surface area (Å²) in [5, 5.41) is 0. The Balaban J connectivity index is 2.10. The van der Waals surface area contributed by atoms with Crippen LogP contribution in [0.4, 0.5) is 5.69 Å². The molecule has 2 rings (SSSR count). The van der Waals surface area contributed by atoms with Crippen molar-refractivity contribution < 1.29 is 4.74 Å². The monoisotopic (exact) mass is 377 g/mol. The van der Waals surface area contributed by atoms with Gasteiger partial charge in [0, 0.05) is 23.1 Å². The lowest BCUT2D eigenvalue weighted by Crippen LogP contribution is -2.28. The van der Waals surface area contributed by atoms with Gasteiger partial charge in [0.05, 0.1) is 7.11 Å². The Morgan fingerprint density at radius 3 is 2.48 bits per heavy atom. The van der Waals surface area contributed by atoms with Crippen LogP contribution in [0.15, 0.2) is 48.1 Å². The molecule has 23 heavy (non-hydrogen) atoms. The van der Waals surface area contributed by atoms with Gasteiger partial charge in [0.1, 0.15) is 5.75 Å². The lowest BCUT2D eigenvalue weighted by molar-refractivity contribution is 0.415. The van der Waals surface area contributed by atoms with E-state index in [4.69, 9.17) is 4.74 Å². The number of rotatable bonds is 7. The zero-order valence-electron chi connectivity index (χ0n) is 14.7. The zero-order valence-corrected chi connectivity index (χ0v) is 16.3. The number of alkyl halides is 1. The second kappa shape index (κ2) is 8.05. The van der Waals surface area contributed by atoms with Gasteiger partial charge in [-0.1, -0.05) is 48.0 Å². The Kier molecular flexibility index (Phi) is 6.34. The van der Waals surface area contributed by atoms with E-state index in [0.29, 0.717) is 5.92 Å². The second-order valence-corrected chi connectivity index (χ2v) is 8.71. The van der Waals surface area contributed by atoms with Gasteiger partial charge in [0.15, 0.2) is 0 Å². The van der Waals surface area contributed by atoms with Gasteiger partial charge in [-0.3, -0.25) is 0 Å². The molecule has 0 saturated carbocycles. The van der Waals surface area contributed by atoms with Crippen molar-refractivity contribution in [3.05, 3.63) is 48.1 Å². The maximum atomic E-state index is 5.27. The van der Waals surface area contributed by atoms with E-state index in [2.05, 4.69) is 72.0 Å². The van der Waals surface area contributed by atoms with Crippen molar-refractivity contribution in [2.24, 2.45) is 5.92 Å². The normalized spacial score (nSPS) is 20.5. The quantitative estimate of drug-likeness (QED) is 0.574. The molecule has 0 amide bonds. The number of anilines is 1. The minimum absolute atomic E-state index is 0.110. The summed E-state index contributed by atoms with van der Waals surface area (Å²) in [4.78, 5) is 2.46.